The van der Waals surface area contributed by atoms with Crippen molar-refractivity contribution in [3.63, 3.8) is 0 Å². The molecule has 6 heteroatoms. The van der Waals surface area contributed by atoms with E-state index >= 15 is 0 Å². The number of rotatable bonds is 3. The molecule has 82 valence electrons. The molecule has 0 heterocycles. The summed E-state index contributed by atoms with van der Waals surface area (Å²) in [5.41, 5.74) is 0. The molecule has 0 aromatic carbocycles. The molecule has 0 aliphatic carbocycles. The Morgan fingerprint density at radius 3 is 2.00 bits per heavy atom. The van der Waals surface area contributed by atoms with Crippen molar-refractivity contribution in [3.8, 4) is 0 Å². The SMILES string of the molecule is CC(Br)COC(=O)C(C)C.O.[SeH][SeH]. The Morgan fingerprint density at radius 1 is 1.38 bits per heavy atom. The van der Waals surface area contributed by atoms with Gasteiger partial charge in [-0.1, -0.05) is 29.8 Å². The molecule has 0 aliphatic rings. The van der Waals surface area contributed by atoms with Crippen LogP contribution in [0, 0.1) is 5.92 Å². The summed E-state index contributed by atoms with van der Waals surface area (Å²) in [6, 6.07) is 0. The number of alkyl halides is 1. The van der Waals surface area contributed by atoms with Crippen molar-refractivity contribution < 1.29 is 15.0 Å². The fourth-order valence-corrected chi connectivity index (χ4v) is 0.496. The molecule has 13 heavy (non-hydrogen) atoms. The zero-order valence-electron chi connectivity index (χ0n) is 7.95. The number of carbonyl (C=O) groups is 1. The van der Waals surface area contributed by atoms with Gasteiger partial charge in [-0.25, -0.2) is 0 Å². The average Bonchev–Trinajstić information content (AvgIpc) is 2.03. The van der Waals surface area contributed by atoms with Crippen LogP contribution < -0.4 is 0 Å². The Bertz CT molecular complexity index is 120. The molecule has 0 bridgehead atoms. The predicted molar refractivity (Wildman–Crippen MR) is 62.1 cm³/mol. The Morgan fingerprint density at radius 2 is 1.77 bits per heavy atom. The van der Waals surface area contributed by atoms with Crippen molar-refractivity contribution in [1.82, 2.24) is 0 Å². The van der Waals surface area contributed by atoms with Crippen LogP contribution in [0.15, 0.2) is 0 Å². The van der Waals surface area contributed by atoms with E-state index in [1.54, 1.807) is 0 Å². The predicted octanol–water partition coefficient (Wildman–Crippen LogP) is -0.153. The molecule has 0 saturated heterocycles. The molecule has 0 aliphatic heterocycles. The summed E-state index contributed by atoms with van der Waals surface area (Å²) in [7, 11) is 0. The number of ether oxygens (including phenoxy) is 1. The van der Waals surface area contributed by atoms with E-state index < -0.39 is 0 Å². The van der Waals surface area contributed by atoms with Crippen LogP contribution in [-0.4, -0.2) is 51.3 Å². The van der Waals surface area contributed by atoms with Crippen LogP contribution in [0.1, 0.15) is 20.8 Å². The fourth-order valence-electron chi connectivity index (χ4n) is 0.364. The average molecular weight is 387 g/mol. The van der Waals surface area contributed by atoms with E-state index in [4.69, 9.17) is 4.74 Å². The van der Waals surface area contributed by atoms with Gasteiger partial charge < -0.3 is 10.2 Å². The third-order valence-electron chi connectivity index (χ3n) is 0.927. The second-order valence-electron chi connectivity index (χ2n) is 2.57. The molecule has 2 N–H and O–H groups in total. The standard InChI is InChI=1S/C7H13BrO2.H2O.H2Se2/c1-5(2)7(9)10-4-6(3)8;;1-2/h5-6H,4H2,1-3H3;1H2;1-2H. The van der Waals surface area contributed by atoms with Crippen LogP contribution in [0.5, 0.6) is 0 Å². The van der Waals surface area contributed by atoms with Crippen molar-refractivity contribution in [1.29, 1.82) is 0 Å². The van der Waals surface area contributed by atoms with Crippen molar-refractivity contribution in [2.45, 2.75) is 25.6 Å². The van der Waals surface area contributed by atoms with Gasteiger partial charge in [0, 0.05) is 4.83 Å². The molecular formula is C7H17BrO3Se2. The minimum atomic E-state index is -0.133. The van der Waals surface area contributed by atoms with Crippen molar-refractivity contribution in [3.05, 3.63) is 0 Å². The van der Waals surface area contributed by atoms with Crippen molar-refractivity contribution in [2.75, 3.05) is 6.61 Å². The van der Waals surface area contributed by atoms with E-state index in [0.29, 0.717) is 6.61 Å². The molecule has 0 fully saturated rings. The zero-order chi connectivity index (χ0) is 10.1. The first-order valence-corrected chi connectivity index (χ1v) is 9.66. The first-order valence-electron chi connectivity index (χ1n) is 3.54. The summed E-state index contributed by atoms with van der Waals surface area (Å²) in [6.07, 6.45) is 0. The van der Waals surface area contributed by atoms with E-state index in [9.17, 15) is 4.79 Å². The molecule has 0 aromatic rings. The summed E-state index contributed by atoms with van der Waals surface area (Å²) < 4.78 is 4.88. The van der Waals surface area contributed by atoms with Gasteiger partial charge in [0.1, 0.15) is 6.61 Å². The molecule has 0 radical (unpaired) electrons. The van der Waals surface area contributed by atoms with Gasteiger partial charge in [0.25, 0.3) is 0 Å². The number of esters is 1. The van der Waals surface area contributed by atoms with Gasteiger partial charge in [-0.15, -0.1) is 0 Å². The third kappa shape index (κ3) is 15.7. The van der Waals surface area contributed by atoms with Gasteiger partial charge in [0.05, 0.1) is 5.92 Å². The van der Waals surface area contributed by atoms with Gasteiger partial charge in [-0.05, 0) is 6.92 Å². The second-order valence-corrected chi connectivity index (χ2v) is 4.13. The van der Waals surface area contributed by atoms with Gasteiger partial charge in [0.15, 0.2) is 0 Å². The minimum absolute atomic E-state index is 0. The molecule has 0 rings (SSSR count). The molecule has 0 aromatic heterocycles. The molecule has 0 spiro atoms. The summed E-state index contributed by atoms with van der Waals surface area (Å²) in [4.78, 5) is 11.0. The van der Waals surface area contributed by atoms with E-state index in [0.717, 1.165) is 0 Å². The Kier molecular flexibility index (Phi) is 19.4. The Labute approximate surface area is 103 Å². The number of hydrogen-bond donors (Lipinski definition) is 0. The van der Waals surface area contributed by atoms with Gasteiger partial charge in [-0.3, -0.25) is 4.79 Å². The molecule has 1 atom stereocenters. The monoisotopic (exact) mass is 388 g/mol. The Hall–Kier alpha value is 0.949. The maximum absolute atomic E-state index is 10.8. The molecule has 1 unspecified atom stereocenters. The normalized spacial score (nSPS) is 10.7. The molecule has 0 amide bonds. The van der Waals surface area contributed by atoms with Crippen molar-refractivity contribution >= 4 is 50.3 Å². The Balaban J connectivity index is -0.000000309. The molecule has 3 nitrogen and oxygen atoms in total. The number of hydrogen-bond acceptors (Lipinski definition) is 2. The fraction of sp³-hybridized carbons (Fsp3) is 0.857. The third-order valence-corrected chi connectivity index (χ3v) is 1.19. The first kappa shape index (κ1) is 19.5. The van der Waals surface area contributed by atoms with Crippen LogP contribution in [0.2, 0.25) is 0 Å². The van der Waals surface area contributed by atoms with E-state index in [1.807, 2.05) is 20.8 Å². The molecular weight excluding hydrogens is 370 g/mol. The summed E-state index contributed by atoms with van der Waals surface area (Å²) in [5, 5.41) is 0. The van der Waals surface area contributed by atoms with Crippen LogP contribution in [0.3, 0.4) is 0 Å². The number of carbonyl (C=O) groups excluding carboxylic acids is 1. The van der Waals surface area contributed by atoms with E-state index in [1.165, 1.54) is 0 Å². The van der Waals surface area contributed by atoms with Crippen molar-refractivity contribution in [2.24, 2.45) is 5.92 Å². The zero-order valence-corrected chi connectivity index (χ0v) is 13.3. The van der Waals surface area contributed by atoms with E-state index in [2.05, 4.69) is 44.3 Å². The van der Waals surface area contributed by atoms with E-state index in [-0.39, 0.29) is 22.2 Å². The van der Waals surface area contributed by atoms with Crippen LogP contribution in [0.25, 0.3) is 0 Å². The van der Waals surface area contributed by atoms with Crippen LogP contribution in [-0.2, 0) is 9.53 Å². The molecule has 0 saturated carbocycles. The van der Waals surface area contributed by atoms with Gasteiger partial charge >= 0.3 is 34.3 Å². The first-order chi connectivity index (χ1) is 5.54. The second kappa shape index (κ2) is 12.9. The van der Waals surface area contributed by atoms with Gasteiger partial charge in [-0.2, -0.15) is 0 Å². The van der Waals surface area contributed by atoms with Crippen LogP contribution in [0.4, 0.5) is 0 Å². The maximum atomic E-state index is 10.8. The number of halogens is 1. The summed E-state index contributed by atoms with van der Waals surface area (Å²) in [5.74, 6) is -0.155. The summed E-state index contributed by atoms with van der Waals surface area (Å²) >= 11 is 7.77. The van der Waals surface area contributed by atoms with Crippen LogP contribution >= 0.6 is 15.9 Å². The quantitative estimate of drug-likeness (QED) is 0.384. The van der Waals surface area contributed by atoms with Gasteiger partial charge in [0.2, 0.25) is 0 Å². The summed E-state index contributed by atoms with van der Waals surface area (Å²) in [6.45, 7) is 6.03. The topological polar surface area (TPSA) is 57.8 Å².